The third-order valence-electron chi connectivity index (χ3n) is 10.2. The van der Waals surface area contributed by atoms with E-state index < -0.39 is 40.6 Å². The van der Waals surface area contributed by atoms with E-state index in [1.54, 1.807) is 19.2 Å². The van der Waals surface area contributed by atoms with Crippen molar-refractivity contribution in [3.8, 4) is 0 Å². The molecule has 0 unspecified atom stereocenters. The number of carbonyl (C=O) groups excluding carboxylic acids is 1. The number of unbranched alkanes of at least 4 members (excludes halogenated alkanes) is 1. The fourth-order valence-electron chi connectivity index (χ4n) is 7.42. The normalized spacial score (nSPS) is 27.4. The Bertz CT molecular complexity index is 1270. The topological polar surface area (TPSA) is 144 Å². The van der Waals surface area contributed by atoms with Crippen LogP contribution >= 0.6 is 0 Å². The highest BCUT2D eigenvalue weighted by molar-refractivity contribution is 7.89. The molecule has 5 N–H and O–H groups in total. The Morgan fingerprint density at radius 1 is 1.16 bits per heavy atom. The average molecular weight is 632 g/mol. The summed E-state index contributed by atoms with van der Waals surface area (Å²) in [6.45, 7) is 13.6. The van der Waals surface area contributed by atoms with Crippen molar-refractivity contribution in [3.63, 3.8) is 0 Å². The zero-order valence-corrected chi connectivity index (χ0v) is 28.5. The van der Waals surface area contributed by atoms with Gasteiger partial charge in [-0.05, 0) is 92.7 Å². The van der Waals surface area contributed by atoms with E-state index in [4.69, 9.17) is 15.0 Å². The second kappa shape index (κ2) is 14.1. The summed E-state index contributed by atoms with van der Waals surface area (Å²) in [6, 6.07) is 5.91. The van der Waals surface area contributed by atoms with Crippen molar-refractivity contribution in [2.75, 3.05) is 13.6 Å². The number of amides is 1. The standard InChI is InChI=1S/C32H54BN5O5S/c1-8-9-11-22-13-15-24(16-14-22)44(40,41)38-25(12-10-17-36-30(34)35-7)29(39)37-28(18-21(2)3)33-42-27-20-23-19-26(31(23,4)5)32(27,6)43-33/h13-16,21,23,25-28,38H,8-12,17-20H2,1-7H3,(H,37,39)(H3,34,35,36)/t23-,25-,26-,27+,28-,32-/m0/s1. The van der Waals surface area contributed by atoms with Crippen LogP contribution in [0, 0.1) is 23.2 Å². The molecule has 1 amide bonds. The number of nitrogens with zero attached hydrogens (tertiary/aromatic N) is 1. The molecule has 44 heavy (non-hydrogen) atoms. The maximum Gasteiger partial charge on any atom is 0.481 e. The van der Waals surface area contributed by atoms with E-state index in [0.29, 0.717) is 37.2 Å². The van der Waals surface area contributed by atoms with Gasteiger partial charge in [-0.1, -0.05) is 53.2 Å². The number of aryl methyl sites for hydroxylation is 1. The minimum absolute atomic E-state index is 0.0119. The van der Waals surface area contributed by atoms with Crippen LogP contribution in [0.5, 0.6) is 0 Å². The molecule has 5 rings (SSSR count). The lowest BCUT2D eigenvalue weighted by Gasteiger charge is -2.64. The van der Waals surface area contributed by atoms with E-state index in [9.17, 15) is 13.2 Å². The van der Waals surface area contributed by atoms with E-state index in [1.807, 2.05) is 12.1 Å². The minimum atomic E-state index is -3.96. The predicted octanol–water partition coefficient (Wildman–Crippen LogP) is 3.79. The first-order chi connectivity index (χ1) is 20.7. The Morgan fingerprint density at radius 2 is 1.86 bits per heavy atom. The van der Waals surface area contributed by atoms with Gasteiger partial charge in [-0.15, -0.1) is 0 Å². The highest BCUT2D eigenvalue weighted by Gasteiger charge is 2.68. The lowest BCUT2D eigenvalue weighted by molar-refractivity contribution is -0.199. The molecule has 4 aliphatic rings. The number of benzene rings is 1. The minimum Gasteiger partial charge on any atom is -0.404 e. The molecule has 12 heteroatoms. The number of hydrogen-bond donors (Lipinski definition) is 4. The van der Waals surface area contributed by atoms with Gasteiger partial charge in [0, 0.05) is 13.6 Å². The molecule has 3 saturated carbocycles. The molecule has 4 fully saturated rings. The summed E-state index contributed by atoms with van der Waals surface area (Å²) in [6.07, 6.45) is 6.49. The number of carbonyl (C=O) groups is 1. The first kappa shape index (κ1) is 34.7. The quantitative estimate of drug-likeness (QED) is 0.0998. The van der Waals surface area contributed by atoms with Crippen molar-refractivity contribution in [2.45, 2.75) is 121 Å². The molecular formula is C32H54BN5O5S. The summed E-state index contributed by atoms with van der Waals surface area (Å²) >= 11 is 0. The van der Waals surface area contributed by atoms with Gasteiger partial charge in [-0.25, -0.2) is 8.42 Å². The maximum atomic E-state index is 13.9. The van der Waals surface area contributed by atoms with Crippen LogP contribution in [-0.4, -0.2) is 64.7 Å². The molecule has 0 spiro atoms. The number of guanidine groups is 1. The summed E-state index contributed by atoms with van der Waals surface area (Å²) in [4.78, 5) is 17.9. The van der Waals surface area contributed by atoms with Gasteiger partial charge in [-0.2, -0.15) is 4.72 Å². The van der Waals surface area contributed by atoms with Gasteiger partial charge in [0.2, 0.25) is 15.9 Å². The molecular weight excluding hydrogens is 577 g/mol. The van der Waals surface area contributed by atoms with Crippen LogP contribution < -0.4 is 21.1 Å². The Hall–Kier alpha value is -2.15. The zero-order valence-electron chi connectivity index (χ0n) is 27.7. The van der Waals surface area contributed by atoms with Crippen molar-refractivity contribution < 1.29 is 22.5 Å². The Labute approximate surface area is 265 Å². The molecule has 0 radical (unpaired) electrons. The summed E-state index contributed by atoms with van der Waals surface area (Å²) in [5.41, 5.74) is 6.65. The Morgan fingerprint density at radius 3 is 2.48 bits per heavy atom. The van der Waals surface area contributed by atoms with E-state index in [1.165, 1.54) is 0 Å². The molecule has 6 atom stereocenters. The van der Waals surface area contributed by atoms with Crippen LogP contribution in [0.25, 0.3) is 0 Å². The van der Waals surface area contributed by atoms with E-state index in [-0.39, 0.29) is 28.8 Å². The van der Waals surface area contributed by atoms with Crippen molar-refractivity contribution >= 4 is 29.0 Å². The monoisotopic (exact) mass is 631 g/mol. The molecule has 2 bridgehead atoms. The van der Waals surface area contributed by atoms with Crippen molar-refractivity contribution in [1.82, 2.24) is 15.4 Å². The first-order valence-corrected chi connectivity index (χ1v) is 17.9. The largest absolute Gasteiger partial charge is 0.481 e. The lowest BCUT2D eigenvalue weighted by Crippen LogP contribution is -2.65. The molecule has 1 aromatic carbocycles. The van der Waals surface area contributed by atoms with Gasteiger partial charge >= 0.3 is 7.12 Å². The predicted molar refractivity (Wildman–Crippen MR) is 175 cm³/mol. The SMILES string of the molecule is CCCCc1ccc(S(=O)(=O)N[C@@H](CCCNC(N)=NC)C(=O)N[C@@H](CC(C)C)B2O[C@@H]3C[C@@H]4C[C@@H](C4(C)C)[C@]3(C)O2)cc1. The van der Waals surface area contributed by atoms with Gasteiger partial charge in [0.1, 0.15) is 6.04 Å². The Balaban J connectivity index is 1.50. The van der Waals surface area contributed by atoms with E-state index >= 15 is 0 Å². The molecule has 1 heterocycles. The van der Waals surface area contributed by atoms with Crippen LogP contribution in [0.1, 0.15) is 92.1 Å². The molecule has 246 valence electrons. The number of rotatable bonds is 15. The van der Waals surface area contributed by atoms with Crippen molar-refractivity contribution in [2.24, 2.45) is 33.9 Å². The number of aliphatic imine (C=N–C) groups is 1. The smallest absolute Gasteiger partial charge is 0.404 e. The second-order valence-corrected chi connectivity index (χ2v) is 15.9. The Kier molecular flexibility index (Phi) is 11.1. The van der Waals surface area contributed by atoms with E-state index in [2.05, 4.69) is 61.9 Å². The third kappa shape index (κ3) is 7.62. The molecule has 1 saturated heterocycles. The van der Waals surface area contributed by atoms with E-state index in [0.717, 1.165) is 37.7 Å². The number of sulfonamides is 1. The molecule has 10 nitrogen and oxygen atoms in total. The zero-order chi connectivity index (χ0) is 32.3. The molecule has 1 aromatic rings. The van der Waals surface area contributed by atoms with Gasteiger partial charge in [0.05, 0.1) is 22.5 Å². The van der Waals surface area contributed by atoms with Gasteiger partial charge < -0.3 is 25.7 Å². The summed E-state index contributed by atoms with van der Waals surface area (Å²) in [5, 5.41) is 6.13. The van der Waals surface area contributed by atoms with Crippen LogP contribution in [0.2, 0.25) is 0 Å². The van der Waals surface area contributed by atoms with Crippen molar-refractivity contribution in [1.29, 1.82) is 0 Å². The third-order valence-corrected chi connectivity index (χ3v) is 11.7. The number of nitrogens with one attached hydrogen (secondary N) is 3. The molecule has 3 aliphatic carbocycles. The summed E-state index contributed by atoms with van der Waals surface area (Å²) < 4.78 is 42.9. The lowest BCUT2D eigenvalue weighted by atomic mass is 9.43. The molecule has 0 aromatic heterocycles. The first-order valence-electron chi connectivity index (χ1n) is 16.4. The highest BCUT2D eigenvalue weighted by Crippen LogP contribution is 2.65. The number of nitrogens with two attached hydrogens (primary N) is 1. The van der Waals surface area contributed by atoms with Gasteiger partial charge in [-0.3, -0.25) is 9.79 Å². The van der Waals surface area contributed by atoms with Crippen LogP contribution in [-0.2, 0) is 30.5 Å². The van der Waals surface area contributed by atoms with Crippen LogP contribution in [0.15, 0.2) is 34.2 Å². The summed E-state index contributed by atoms with van der Waals surface area (Å²) in [7, 11) is -2.97. The van der Waals surface area contributed by atoms with Gasteiger partial charge in [0.15, 0.2) is 5.96 Å². The molecule has 1 aliphatic heterocycles. The number of hydrogen-bond acceptors (Lipinski definition) is 6. The van der Waals surface area contributed by atoms with Crippen LogP contribution in [0.3, 0.4) is 0 Å². The fraction of sp³-hybridized carbons (Fsp3) is 0.750. The van der Waals surface area contributed by atoms with Gasteiger partial charge in [0.25, 0.3) is 0 Å². The van der Waals surface area contributed by atoms with Crippen molar-refractivity contribution in [3.05, 3.63) is 29.8 Å². The van der Waals surface area contributed by atoms with Crippen LogP contribution in [0.4, 0.5) is 0 Å². The summed E-state index contributed by atoms with van der Waals surface area (Å²) in [5.74, 6) is 0.752. The fourth-order valence-corrected chi connectivity index (χ4v) is 8.65. The average Bonchev–Trinajstić information content (AvgIpc) is 3.34. The highest BCUT2D eigenvalue weighted by atomic mass is 32.2. The second-order valence-electron chi connectivity index (χ2n) is 14.2. The maximum absolute atomic E-state index is 13.9.